The van der Waals surface area contributed by atoms with Crippen molar-refractivity contribution in [3.63, 3.8) is 0 Å². The second-order valence-corrected chi connectivity index (χ2v) is 6.53. The minimum Gasteiger partial charge on any atom is -0.469 e. The fourth-order valence-electron chi connectivity index (χ4n) is 2.86. The molecule has 1 aliphatic carbocycles. The summed E-state index contributed by atoms with van der Waals surface area (Å²) in [6.45, 7) is 2.14. The zero-order valence-corrected chi connectivity index (χ0v) is 15.6. The predicted octanol–water partition coefficient (Wildman–Crippen LogP) is 4.29. The number of unbranched alkanes of at least 4 members (excludes halogenated alkanes) is 5. The molecular weight excluding hydrogens is 316 g/mol. The van der Waals surface area contributed by atoms with Crippen molar-refractivity contribution >= 4 is 11.8 Å². The molecule has 25 heavy (non-hydrogen) atoms. The number of rotatable bonds is 12. The molecule has 2 atom stereocenters. The fraction of sp³-hybridized carbons (Fsp3) is 0.619. The van der Waals surface area contributed by atoms with E-state index in [4.69, 9.17) is 0 Å². The number of carbonyl (C=O) groups is 2. The number of ketones is 1. The molecule has 0 radical (unpaired) electrons. The summed E-state index contributed by atoms with van der Waals surface area (Å²) < 4.78 is 4.61. The minimum absolute atomic E-state index is 0.0246. The number of aliphatic hydroxyl groups excluding tert-OH is 1. The Morgan fingerprint density at radius 2 is 2.08 bits per heavy atom. The van der Waals surface area contributed by atoms with E-state index in [2.05, 4.69) is 11.7 Å². The third-order valence-electron chi connectivity index (χ3n) is 4.42. The molecule has 1 aliphatic rings. The summed E-state index contributed by atoms with van der Waals surface area (Å²) in [4.78, 5) is 23.0. The molecular formula is C21H32O4. The molecule has 4 heteroatoms. The van der Waals surface area contributed by atoms with Crippen LogP contribution in [0.3, 0.4) is 0 Å². The van der Waals surface area contributed by atoms with Gasteiger partial charge in [0.1, 0.15) is 0 Å². The maximum atomic E-state index is 12.0. The first kappa shape index (κ1) is 21.4. The molecule has 0 unspecified atom stereocenters. The Balaban J connectivity index is 2.38. The van der Waals surface area contributed by atoms with Crippen molar-refractivity contribution < 1.29 is 19.4 Å². The highest BCUT2D eigenvalue weighted by molar-refractivity contribution is 6.07. The number of methoxy groups -OCH3 is 1. The van der Waals surface area contributed by atoms with Crippen LogP contribution in [0.15, 0.2) is 36.0 Å². The maximum absolute atomic E-state index is 12.0. The van der Waals surface area contributed by atoms with Gasteiger partial charge in [-0.2, -0.15) is 0 Å². The van der Waals surface area contributed by atoms with Crippen LogP contribution in [-0.4, -0.2) is 30.1 Å². The highest BCUT2D eigenvalue weighted by Gasteiger charge is 2.20. The molecule has 0 saturated carbocycles. The number of aliphatic hydroxyl groups is 1. The topological polar surface area (TPSA) is 63.6 Å². The quantitative estimate of drug-likeness (QED) is 0.247. The lowest BCUT2D eigenvalue weighted by Gasteiger charge is -2.08. The maximum Gasteiger partial charge on any atom is 0.305 e. The zero-order chi connectivity index (χ0) is 18.5. The first-order valence-corrected chi connectivity index (χ1v) is 9.44. The number of hydrogen-bond acceptors (Lipinski definition) is 4. The van der Waals surface area contributed by atoms with Gasteiger partial charge in [0, 0.05) is 17.9 Å². The van der Waals surface area contributed by atoms with Gasteiger partial charge in [-0.25, -0.2) is 0 Å². The number of carbonyl (C=O) groups excluding carboxylic acids is 2. The van der Waals surface area contributed by atoms with Gasteiger partial charge in [-0.3, -0.25) is 9.59 Å². The second-order valence-electron chi connectivity index (χ2n) is 6.53. The molecule has 0 bridgehead atoms. The SMILES string of the molecule is CCCCC[C@@H](O)/C=C/[C@H]1C=CC(=O)/C1=C/CCCCCC(=O)OC. The zero-order valence-electron chi connectivity index (χ0n) is 15.6. The van der Waals surface area contributed by atoms with E-state index >= 15 is 0 Å². The molecule has 0 aromatic carbocycles. The van der Waals surface area contributed by atoms with E-state index in [1.54, 1.807) is 6.08 Å². The van der Waals surface area contributed by atoms with Crippen molar-refractivity contribution in [2.24, 2.45) is 5.92 Å². The second kappa shape index (κ2) is 12.6. The predicted molar refractivity (Wildman–Crippen MR) is 100 cm³/mol. The first-order chi connectivity index (χ1) is 12.1. The van der Waals surface area contributed by atoms with Crippen molar-refractivity contribution in [1.82, 2.24) is 0 Å². The molecule has 4 nitrogen and oxygen atoms in total. The summed E-state index contributed by atoms with van der Waals surface area (Å²) in [5, 5.41) is 9.97. The van der Waals surface area contributed by atoms with Crippen molar-refractivity contribution in [2.75, 3.05) is 7.11 Å². The van der Waals surface area contributed by atoms with E-state index in [1.165, 1.54) is 7.11 Å². The molecule has 0 saturated heterocycles. The number of ether oxygens (including phenoxy) is 1. The number of hydrogen-bond donors (Lipinski definition) is 1. The Hall–Kier alpha value is -1.68. The summed E-state index contributed by atoms with van der Waals surface area (Å²) in [5.41, 5.74) is 0.796. The average Bonchev–Trinajstić information content (AvgIpc) is 2.96. The smallest absolute Gasteiger partial charge is 0.305 e. The van der Waals surface area contributed by atoms with Crippen molar-refractivity contribution in [1.29, 1.82) is 0 Å². The van der Waals surface area contributed by atoms with Gasteiger partial charge in [-0.15, -0.1) is 0 Å². The number of allylic oxidation sites excluding steroid dienone is 5. The molecule has 0 fully saturated rings. The van der Waals surface area contributed by atoms with Gasteiger partial charge in [0.15, 0.2) is 5.78 Å². The van der Waals surface area contributed by atoms with Crippen LogP contribution in [0.2, 0.25) is 0 Å². The van der Waals surface area contributed by atoms with Gasteiger partial charge >= 0.3 is 5.97 Å². The summed E-state index contributed by atoms with van der Waals surface area (Å²) in [6, 6.07) is 0. The molecule has 1 N–H and O–H groups in total. The Bertz CT molecular complexity index is 502. The van der Waals surface area contributed by atoms with Crippen LogP contribution in [0, 0.1) is 5.92 Å². The van der Waals surface area contributed by atoms with E-state index in [0.717, 1.165) is 56.9 Å². The van der Waals surface area contributed by atoms with Crippen LogP contribution >= 0.6 is 0 Å². The van der Waals surface area contributed by atoms with E-state index < -0.39 is 6.10 Å². The standard InChI is InChI=1S/C21H32O4/c1-3-4-7-10-18(22)15-13-17-14-16-20(23)19(17)11-8-5-6-9-12-21(24)25-2/h11,13-18,22H,3-10,12H2,1-2H3/b15-13+,19-11+/t17-,18+/m0/s1. The molecule has 0 spiro atoms. The van der Waals surface area contributed by atoms with Crippen LogP contribution in [-0.2, 0) is 14.3 Å². The summed E-state index contributed by atoms with van der Waals surface area (Å²) in [5.74, 6) is -0.135. The molecule has 140 valence electrons. The van der Waals surface area contributed by atoms with Crippen LogP contribution in [0.5, 0.6) is 0 Å². The van der Waals surface area contributed by atoms with E-state index in [9.17, 15) is 14.7 Å². The summed E-state index contributed by atoms with van der Waals surface area (Å²) in [7, 11) is 1.40. The Morgan fingerprint density at radius 1 is 1.28 bits per heavy atom. The Labute approximate surface area is 151 Å². The van der Waals surface area contributed by atoms with Crippen LogP contribution in [0.4, 0.5) is 0 Å². The largest absolute Gasteiger partial charge is 0.469 e. The molecule has 1 rings (SSSR count). The minimum atomic E-state index is -0.435. The molecule has 0 amide bonds. The van der Waals surface area contributed by atoms with Gasteiger partial charge in [0.05, 0.1) is 13.2 Å². The van der Waals surface area contributed by atoms with Crippen LogP contribution < -0.4 is 0 Å². The summed E-state index contributed by atoms with van der Waals surface area (Å²) >= 11 is 0. The molecule has 0 heterocycles. The Kier molecular flexibility index (Phi) is 10.8. The van der Waals surface area contributed by atoms with Gasteiger partial charge in [0.25, 0.3) is 0 Å². The highest BCUT2D eigenvalue weighted by atomic mass is 16.5. The third kappa shape index (κ3) is 8.82. The molecule has 0 aromatic heterocycles. The number of esters is 1. The van der Waals surface area contributed by atoms with Gasteiger partial charge < -0.3 is 9.84 Å². The van der Waals surface area contributed by atoms with Crippen LogP contribution in [0.1, 0.15) is 64.7 Å². The lowest BCUT2D eigenvalue weighted by atomic mass is 9.98. The highest BCUT2D eigenvalue weighted by Crippen LogP contribution is 2.24. The fourth-order valence-corrected chi connectivity index (χ4v) is 2.86. The monoisotopic (exact) mass is 348 g/mol. The third-order valence-corrected chi connectivity index (χ3v) is 4.42. The van der Waals surface area contributed by atoms with E-state index in [0.29, 0.717) is 6.42 Å². The summed E-state index contributed by atoms with van der Waals surface area (Å²) in [6.07, 6.45) is 16.9. The van der Waals surface area contributed by atoms with Gasteiger partial charge in [0.2, 0.25) is 0 Å². The lowest BCUT2D eigenvalue weighted by molar-refractivity contribution is -0.140. The first-order valence-electron chi connectivity index (χ1n) is 9.44. The van der Waals surface area contributed by atoms with Gasteiger partial charge in [-0.05, 0) is 31.8 Å². The molecule has 0 aromatic rings. The van der Waals surface area contributed by atoms with Gasteiger partial charge in [-0.1, -0.05) is 56.9 Å². The van der Waals surface area contributed by atoms with E-state index in [-0.39, 0.29) is 17.7 Å². The van der Waals surface area contributed by atoms with E-state index in [1.807, 2.05) is 24.3 Å². The Morgan fingerprint density at radius 3 is 2.80 bits per heavy atom. The average molecular weight is 348 g/mol. The normalized spacial score (nSPS) is 19.9. The van der Waals surface area contributed by atoms with Crippen molar-refractivity contribution in [3.05, 3.63) is 36.0 Å². The van der Waals surface area contributed by atoms with Crippen LogP contribution in [0.25, 0.3) is 0 Å². The lowest BCUT2D eigenvalue weighted by Crippen LogP contribution is -2.05. The van der Waals surface area contributed by atoms with Crippen molar-refractivity contribution in [2.45, 2.75) is 70.8 Å². The molecule has 0 aliphatic heterocycles. The van der Waals surface area contributed by atoms with Crippen molar-refractivity contribution in [3.8, 4) is 0 Å².